The highest BCUT2D eigenvalue weighted by atomic mass is 16.7. The summed E-state index contributed by atoms with van der Waals surface area (Å²) < 4.78 is 16.0. The summed E-state index contributed by atoms with van der Waals surface area (Å²) in [5.74, 6) is -4.80. The van der Waals surface area contributed by atoms with E-state index in [0.29, 0.717) is 0 Å². The molecule has 1 unspecified atom stereocenters. The summed E-state index contributed by atoms with van der Waals surface area (Å²) in [6.45, 7) is -0.739. The van der Waals surface area contributed by atoms with E-state index in [4.69, 9.17) is 13.9 Å². The van der Waals surface area contributed by atoms with Crippen LogP contribution in [0.2, 0.25) is 0 Å². The third-order valence-corrected chi connectivity index (χ3v) is 5.39. The molecule has 1 aliphatic rings. The highest BCUT2D eigenvalue weighted by molar-refractivity contribution is 5.93. The van der Waals surface area contributed by atoms with E-state index in [-0.39, 0.29) is 5.56 Å². The molecule has 1 saturated heterocycles. The molecule has 0 aliphatic carbocycles. The topological polar surface area (TPSA) is 231 Å². The molecule has 0 radical (unpaired) electrons. The van der Waals surface area contributed by atoms with Gasteiger partial charge in [-0.25, -0.2) is 0 Å². The second-order valence-corrected chi connectivity index (χ2v) is 7.57. The van der Waals surface area contributed by atoms with Crippen molar-refractivity contribution < 1.29 is 59.8 Å². The standard InChI is InChI=1S/C21H20O13/c22-5-11-13(26)16(29)18(31)21(33-11)32-10-4-9(25)12-15(28)17(30)19(34-20(12)14(10)27)6-1-2-7(23)8(24)3-6/h1-4,11,13,16,18,21-27,29-31H,5H2/t11-,13-,16+,18-,21?/m1/s1. The Kier molecular flexibility index (Phi) is 5.89. The van der Waals surface area contributed by atoms with Crippen LogP contribution in [0.15, 0.2) is 33.5 Å². The predicted molar refractivity (Wildman–Crippen MR) is 111 cm³/mol. The van der Waals surface area contributed by atoms with Crippen LogP contribution in [0, 0.1) is 0 Å². The Hall–Kier alpha value is -3.75. The van der Waals surface area contributed by atoms with E-state index in [9.17, 15) is 50.8 Å². The number of phenols is 4. The minimum atomic E-state index is -1.84. The number of phenolic OH excluding ortho intramolecular Hbond substituents is 4. The van der Waals surface area contributed by atoms with E-state index in [1.165, 1.54) is 6.07 Å². The van der Waals surface area contributed by atoms with Gasteiger partial charge in [0.1, 0.15) is 35.6 Å². The average molecular weight is 480 g/mol. The summed E-state index contributed by atoms with van der Waals surface area (Å²) in [5, 5.41) is 89.1. The molecule has 1 aliphatic heterocycles. The lowest BCUT2D eigenvalue weighted by Gasteiger charge is -2.39. The Bertz CT molecular complexity index is 1300. The van der Waals surface area contributed by atoms with Crippen molar-refractivity contribution in [1.29, 1.82) is 0 Å². The van der Waals surface area contributed by atoms with Crippen LogP contribution < -0.4 is 10.2 Å². The Balaban J connectivity index is 1.83. The summed E-state index contributed by atoms with van der Waals surface area (Å²) in [4.78, 5) is 12.7. The molecule has 5 atom stereocenters. The Morgan fingerprint density at radius 1 is 0.853 bits per heavy atom. The number of benzene rings is 2. The molecule has 0 amide bonds. The van der Waals surface area contributed by atoms with E-state index >= 15 is 0 Å². The number of fused-ring (bicyclic) bond motifs is 1. The van der Waals surface area contributed by atoms with Gasteiger partial charge in [0.2, 0.25) is 23.2 Å². The summed E-state index contributed by atoms with van der Waals surface area (Å²) >= 11 is 0. The van der Waals surface area contributed by atoms with Crippen LogP contribution in [-0.2, 0) is 4.74 Å². The van der Waals surface area contributed by atoms with Crippen LogP contribution in [-0.4, -0.2) is 83.3 Å². The van der Waals surface area contributed by atoms with E-state index in [1.807, 2.05) is 0 Å². The Morgan fingerprint density at radius 3 is 2.21 bits per heavy atom. The minimum Gasteiger partial charge on any atom is -0.507 e. The lowest BCUT2D eigenvalue weighted by Crippen LogP contribution is -2.60. The van der Waals surface area contributed by atoms with Crippen LogP contribution in [0.3, 0.4) is 0 Å². The minimum absolute atomic E-state index is 0.0639. The van der Waals surface area contributed by atoms with Gasteiger partial charge >= 0.3 is 0 Å². The van der Waals surface area contributed by atoms with Crippen molar-refractivity contribution in [2.75, 3.05) is 6.61 Å². The second kappa shape index (κ2) is 8.55. The van der Waals surface area contributed by atoms with Crippen molar-refractivity contribution in [1.82, 2.24) is 0 Å². The van der Waals surface area contributed by atoms with E-state index in [1.54, 1.807) is 0 Å². The monoisotopic (exact) mass is 480 g/mol. The average Bonchev–Trinajstić information content (AvgIpc) is 2.81. The van der Waals surface area contributed by atoms with Crippen LogP contribution >= 0.6 is 0 Å². The first-order valence-electron chi connectivity index (χ1n) is 9.79. The molecule has 0 saturated carbocycles. The zero-order chi connectivity index (χ0) is 24.9. The van der Waals surface area contributed by atoms with E-state index in [0.717, 1.165) is 18.2 Å². The quantitative estimate of drug-likeness (QED) is 0.164. The number of rotatable bonds is 4. The highest BCUT2D eigenvalue weighted by Gasteiger charge is 2.45. The maximum absolute atomic E-state index is 12.7. The maximum atomic E-state index is 12.7. The van der Waals surface area contributed by atoms with Gasteiger partial charge in [-0.1, -0.05) is 0 Å². The largest absolute Gasteiger partial charge is 0.507 e. The SMILES string of the molecule is O=c1c(O)c(-c2ccc(O)c(O)c2)oc2c(O)c(OC3O[C@H](CO)[C@@H](O)[C@H](O)[C@H]3O)cc(O)c12. The van der Waals surface area contributed by atoms with Gasteiger partial charge in [-0.2, -0.15) is 0 Å². The zero-order valence-electron chi connectivity index (χ0n) is 17.1. The van der Waals surface area contributed by atoms with Gasteiger partial charge in [-0.05, 0) is 18.2 Å². The summed E-state index contributed by atoms with van der Waals surface area (Å²) in [6.07, 6.45) is -8.32. The first-order valence-corrected chi connectivity index (χ1v) is 9.79. The van der Waals surface area contributed by atoms with E-state index < -0.39 is 94.0 Å². The normalized spacial score (nSPS) is 24.9. The Morgan fingerprint density at radius 2 is 1.56 bits per heavy atom. The molecular weight excluding hydrogens is 460 g/mol. The van der Waals surface area contributed by atoms with Crippen LogP contribution in [0.4, 0.5) is 0 Å². The molecule has 1 fully saturated rings. The van der Waals surface area contributed by atoms with Gasteiger partial charge in [0.15, 0.2) is 28.6 Å². The van der Waals surface area contributed by atoms with Gasteiger partial charge in [0, 0.05) is 11.6 Å². The summed E-state index contributed by atoms with van der Waals surface area (Å²) in [5.41, 5.74) is -1.85. The lowest BCUT2D eigenvalue weighted by atomic mass is 9.99. The van der Waals surface area contributed by atoms with Crippen LogP contribution in [0.5, 0.6) is 34.5 Å². The van der Waals surface area contributed by atoms with Crippen molar-refractivity contribution in [2.45, 2.75) is 30.7 Å². The van der Waals surface area contributed by atoms with Gasteiger partial charge in [-0.3, -0.25) is 4.79 Å². The zero-order valence-corrected chi connectivity index (χ0v) is 17.1. The van der Waals surface area contributed by atoms with Gasteiger partial charge < -0.3 is 59.8 Å². The van der Waals surface area contributed by atoms with Crippen LogP contribution in [0.1, 0.15) is 0 Å². The Labute approximate surface area is 189 Å². The number of aromatic hydroxyl groups is 5. The van der Waals surface area contributed by atoms with Crippen molar-refractivity contribution in [3.05, 3.63) is 34.5 Å². The molecule has 1 aromatic heterocycles. The molecule has 3 aromatic rings. The van der Waals surface area contributed by atoms with Gasteiger partial charge in [-0.15, -0.1) is 0 Å². The third kappa shape index (κ3) is 3.70. The molecule has 13 nitrogen and oxygen atoms in total. The molecule has 2 heterocycles. The number of hydrogen-bond acceptors (Lipinski definition) is 13. The molecule has 34 heavy (non-hydrogen) atoms. The molecule has 0 bridgehead atoms. The van der Waals surface area contributed by atoms with Gasteiger partial charge in [0.05, 0.1) is 6.61 Å². The summed E-state index contributed by atoms with van der Waals surface area (Å²) in [6, 6.07) is 4.00. The lowest BCUT2D eigenvalue weighted by molar-refractivity contribution is -0.277. The number of hydrogen-bond donors (Lipinski definition) is 9. The van der Waals surface area contributed by atoms with Gasteiger partial charge in [0.25, 0.3) is 0 Å². The van der Waals surface area contributed by atoms with Crippen molar-refractivity contribution in [3.63, 3.8) is 0 Å². The molecule has 13 heteroatoms. The predicted octanol–water partition coefficient (Wildman–Crippen LogP) is -0.833. The molecule has 182 valence electrons. The molecular formula is C21H20O13. The smallest absolute Gasteiger partial charge is 0.238 e. The molecule has 0 spiro atoms. The van der Waals surface area contributed by atoms with Crippen molar-refractivity contribution in [2.24, 2.45) is 0 Å². The number of ether oxygens (including phenoxy) is 2. The number of aliphatic hydroxyl groups is 4. The third-order valence-electron chi connectivity index (χ3n) is 5.39. The maximum Gasteiger partial charge on any atom is 0.238 e. The fraction of sp³-hybridized carbons (Fsp3) is 0.286. The van der Waals surface area contributed by atoms with E-state index in [2.05, 4.69) is 0 Å². The highest BCUT2D eigenvalue weighted by Crippen LogP contribution is 2.44. The van der Waals surface area contributed by atoms with Crippen molar-refractivity contribution in [3.8, 4) is 45.8 Å². The van der Waals surface area contributed by atoms with Crippen LogP contribution in [0.25, 0.3) is 22.3 Å². The first kappa shape index (κ1) is 23.4. The summed E-state index contributed by atoms with van der Waals surface area (Å²) in [7, 11) is 0. The van der Waals surface area contributed by atoms with Crippen molar-refractivity contribution >= 4 is 11.0 Å². The molecule has 4 rings (SSSR count). The first-order chi connectivity index (χ1) is 16.0. The molecule has 2 aromatic carbocycles. The molecule has 9 N–H and O–H groups in total. The number of aliphatic hydroxyl groups excluding tert-OH is 4. The fourth-order valence-electron chi connectivity index (χ4n) is 3.54. The fourth-order valence-corrected chi connectivity index (χ4v) is 3.54. The second-order valence-electron chi connectivity index (χ2n) is 7.57.